The summed E-state index contributed by atoms with van der Waals surface area (Å²) in [6.45, 7) is 5.98. The normalized spacial score (nSPS) is 14.0. The van der Waals surface area contributed by atoms with E-state index in [4.69, 9.17) is 5.73 Å². The molecule has 0 unspecified atom stereocenters. The predicted octanol–water partition coefficient (Wildman–Crippen LogP) is 3.93. The van der Waals surface area contributed by atoms with E-state index in [2.05, 4.69) is 11.9 Å². The molecule has 0 radical (unpaired) electrons. The molecular weight excluding hydrogens is 191 g/mol. The van der Waals surface area contributed by atoms with E-state index >= 15 is 0 Å². The van der Waals surface area contributed by atoms with Crippen LogP contribution in [-0.4, -0.2) is 5.71 Å². The van der Waals surface area contributed by atoms with Crippen LogP contribution in [0.3, 0.4) is 0 Å². The molecule has 2 nitrogen and oxygen atoms in total. The maximum atomic E-state index is 13.2. The molecule has 0 saturated heterocycles. The number of unbranched alkanes of at least 4 members (excludes halogenated alkanes) is 2. The van der Waals surface area contributed by atoms with E-state index in [0.717, 1.165) is 25.0 Å². The van der Waals surface area contributed by atoms with Crippen LogP contribution in [0.1, 0.15) is 59.3 Å². The van der Waals surface area contributed by atoms with E-state index in [1.807, 2.05) is 13.8 Å². The summed E-state index contributed by atoms with van der Waals surface area (Å²) in [7, 11) is 0. The predicted molar refractivity (Wildman–Crippen MR) is 64.5 cm³/mol. The lowest BCUT2D eigenvalue weighted by atomic mass is 10.1. The highest BCUT2D eigenvalue weighted by Gasteiger charge is 2.00. The number of hydrogen-bond donors (Lipinski definition) is 1. The molecule has 0 aliphatic heterocycles. The van der Waals surface area contributed by atoms with E-state index in [0.29, 0.717) is 6.42 Å². The number of halogens is 1. The van der Waals surface area contributed by atoms with Crippen molar-refractivity contribution in [2.45, 2.75) is 59.3 Å². The van der Waals surface area contributed by atoms with Crippen molar-refractivity contribution in [3.8, 4) is 0 Å². The molecule has 0 amide bonds. The van der Waals surface area contributed by atoms with Crippen molar-refractivity contribution in [3.05, 3.63) is 11.6 Å². The third kappa shape index (κ3) is 7.11. The zero-order chi connectivity index (χ0) is 11.7. The molecule has 0 fully saturated rings. The molecule has 0 spiro atoms. The smallest absolute Gasteiger partial charge is 0.155 e. The summed E-state index contributed by atoms with van der Waals surface area (Å²) < 4.78 is 13.2. The Balaban J connectivity index is 4.15. The first kappa shape index (κ1) is 14.1. The third-order valence-electron chi connectivity index (χ3n) is 2.20. The third-order valence-corrected chi connectivity index (χ3v) is 2.20. The van der Waals surface area contributed by atoms with Crippen LogP contribution in [0.2, 0.25) is 0 Å². The molecule has 0 heterocycles. The Morgan fingerprint density at radius 3 is 2.33 bits per heavy atom. The van der Waals surface area contributed by atoms with Gasteiger partial charge in [-0.3, -0.25) is 0 Å². The summed E-state index contributed by atoms with van der Waals surface area (Å²) in [4.78, 5) is 4.07. The molecule has 0 aromatic carbocycles. The van der Waals surface area contributed by atoms with E-state index in [1.54, 1.807) is 0 Å². The number of allylic oxidation sites excluding steroid dienone is 1. The van der Waals surface area contributed by atoms with E-state index in [1.165, 1.54) is 12.8 Å². The second-order valence-electron chi connectivity index (χ2n) is 3.84. The highest BCUT2D eigenvalue weighted by molar-refractivity contribution is 5.82. The molecule has 0 aromatic rings. The van der Waals surface area contributed by atoms with Gasteiger partial charge in [0.2, 0.25) is 0 Å². The van der Waals surface area contributed by atoms with Gasteiger partial charge in [-0.05, 0) is 26.2 Å². The second-order valence-corrected chi connectivity index (χ2v) is 3.84. The Kier molecular flexibility index (Phi) is 7.96. The largest absolute Gasteiger partial charge is 0.382 e. The fourth-order valence-corrected chi connectivity index (χ4v) is 1.30. The van der Waals surface area contributed by atoms with E-state index in [9.17, 15) is 4.39 Å². The first-order valence-electron chi connectivity index (χ1n) is 5.80. The van der Waals surface area contributed by atoms with E-state index < -0.39 is 0 Å². The van der Waals surface area contributed by atoms with Crippen molar-refractivity contribution < 1.29 is 4.39 Å². The van der Waals surface area contributed by atoms with E-state index in [-0.39, 0.29) is 11.6 Å². The van der Waals surface area contributed by atoms with Gasteiger partial charge in [0, 0.05) is 12.1 Å². The summed E-state index contributed by atoms with van der Waals surface area (Å²) in [5, 5.41) is 0. The first-order chi connectivity index (χ1) is 7.11. The highest BCUT2D eigenvalue weighted by atomic mass is 19.1. The standard InChI is InChI=1S/C12H23FN2/c1-4-6-7-9-10(3)15-12(14)11(13)8-5-2/h4-9,14H2,1-3H3/b12-11-,15-10?. The van der Waals surface area contributed by atoms with Gasteiger partial charge < -0.3 is 5.73 Å². The molecule has 0 aromatic heterocycles. The number of nitrogens with zero attached hydrogens (tertiary/aromatic N) is 1. The molecule has 0 aliphatic carbocycles. The van der Waals surface area contributed by atoms with Gasteiger partial charge in [0.15, 0.2) is 5.82 Å². The molecule has 0 aliphatic rings. The topological polar surface area (TPSA) is 38.4 Å². The molecule has 3 heteroatoms. The van der Waals surface area contributed by atoms with Gasteiger partial charge >= 0.3 is 0 Å². The van der Waals surface area contributed by atoms with Crippen molar-refractivity contribution in [2.24, 2.45) is 10.7 Å². The minimum atomic E-state index is -0.285. The lowest BCUT2D eigenvalue weighted by Gasteiger charge is -2.02. The van der Waals surface area contributed by atoms with Gasteiger partial charge in [-0.15, -0.1) is 0 Å². The first-order valence-corrected chi connectivity index (χ1v) is 5.80. The minimum absolute atomic E-state index is 0.0610. The maximum absolute atomic E-state index is 13.2. The Bertz CT molecular complexity index is 232. The van der Waals surface area contributed by atoms with Crippen LogP contribution in [0.5, 0.6) is 0 Å². The summed E-state index contributed by atoms with van der Waals surface area (Å²) >= 11 is 0. The fraction of sp³-hybridized carbons (Fsp3) is 0.750. The van der Waals surface area contributed by atoms with Crippen molar-refractivity contribution in [1.29, 1.82) is 0 Å². The van der Waals surface area contributed by atoms with Crippen LogP contribution in [0.15, 0.2) is 16.6 Å². The second kappa shape index (κ2) is 8.45. The summed E-state index contributed by atoms with van der Waals surface area (Å²) in [5.74, 6) is -0.224. The van der Waals surface area contributed by atoms with Crippen molar-refractivity contribution in [1.82, 2.24) is 0 Å². The number of aliphatic imine (C=N–C) groups is 1. The van der Waals surface area contributed by atoms with Gasteiger partial charge in [-0.25, -0.2) is 9.38 Å². The Hall–Kier alpha value is -0.860. The van der Waals surface area contributed by atoms with Crippen LogP contribution in [-0.2, 0) is 0 Å². The highest BCUT2D eigenvalue weighted by Crippen LogP contribution is 2.11. The van der Waals surface area contributed by atoms with Gasteiger partial charge in [0.1, 0.15) is 5.83 Å². The fourth-order valence-electron chi connectivity index (χ4n) is 1.30. The number of hydrogen-bond acceptors (Lipinski definition) is 2. The van der Waals surface area contributed by atoms with Crippen molar-refractivity contribution >= 4 is 5.71 Å². The van der Waals surface area contributed by atoms with Crippen LogP contribution < -0.4 is 5.73 Å². The lowest BCUT2D eigenvalue weighted by molar-refractivity contribution is 0.568. The molecule has 0 saturated carbocycles. The van der Waals surface area contributed by atoms with Gasteiger partial charge in [0.25, 0.3) is 0 Å². The summed E-state index contributed by atoms with van der Waals surface area (Å²) in [6.07, 6.45) is 5.54. The monoisotopic (exact) mass is 214 g/mol. The molecule has 0 atom stereocenters. The minimum Gasteiger partial charge on any atom is -0.382 e. The van der Waals surface area contributed by atoms with Crippen LogP contribution in [0, 0.1) is 0 Å². The lowest BCUT2D eigenvalue weighted by Crippen LogP contribution is -2.02. The maximum Gasteiger partial charge on any atom is 0.155 e. The number of rotatable bonds is 7. The average Bonchev–Trinajstić information content (AvgIpc) is 2.18. The Labute approximate surface area is 92.5 Å². The van der Waals surface area contributed by atoms with Crippen LogP contribution in [0.25, 0.3) is 0 Å². The van der Waals surface area contributed by atoms with Gasteiger partial charge in [0.05, 0.1) is 0 Å². The van der Waals surface area contributed by atoms with Crippen LogP contribution in [0.4, 0.5) is 4.39 Å². The summed E-state index contributed by atoms with van der Waals surface area (Å²) in [6, 6.07) is 0. The van der Waals surface area contributed by atoms with Crippen LogP contribution >= 0.6 is 0 Å². The summed E-state index contributed by atoms with van der Waals surface area (Å²) in [5.41, 5.74) is 6.45. The molecule has 15 heavy (non-hydrogen) atoms. The van der Waals surface area contributed by atoms with Crippen molar-refractivity contribution in [3.63, 3.8) is 0 Å². The Morgan fingerprint density at radius 1 is 1.13 bits per heavy atom. The van der Waals surface area contributed by atoms with Crippen molar-refractivity contribution in [2.75, 3.05) is 0 Å². The quantitative estimate of drug-likeness (QED) is 0.506. The molecule has 2 N–H and O–H groups in total. The van der Waals surface area contributed by atoms with Gasteiger partial charge in [-0.2, -0.15) is 0 Å². The molecular formula is C12H23FN2. The zero-order valence-corrected chi connectivity index (χ0v) is 10.1. The molecule has 0 rings (SSSR count). The Morgan fingerprint density at radius 2 is 1.80 bits per heavy atom. The number of nitrogens with two attached hydrogens (primary N) is 1. The average molecular weight is 214 g/mol. The molecule has 0 bridgehead atoms. The van der Waals surface area contributed by atoms with Gasteiger partial charge in [-0.1, -0.05) is 26.7 Å². The zero-order valence-electron chi connectivity index (χ0n) is 10.1. The molecule has 88 valence electrons. The SMILES string of the molecule is CCCCCC(C)=N/C(N)=C(\F)CCC.